The second kappa shape index (κ2) is 5.17. The van der Waals surface area contributed by atoms with Crippen molar-refractivity contribution in [2.45, 2.75) is 6.42 Å². The van der Waals surface area contributed by atoms with Gasteiger partial charge in [-0.25, -0.2) is 0 Å². The first kappa shape index (κ1) is 11.3. The summed E-state index contributed by atoms with van der Waals surface area (Å²) in [7, 11) is 1.39. The van der Waals surface area contributed by atoms with E-state index in [1.807, 2.05) is 0 Å². The van der Waals surface area contributed by atoms with Gasteiger partial charge < -0.3 is 9.84 Å². The van der Waals surface area contributed by atoms with Crippen LogP contribution >= 0.6 is 11.8 Å². The minimum absolute atomic E-state index is 0.133. The van der Waals surface area contributed by atoms with Crippen LogP contribution in [-0.4, -0.2) is 30.3 Å². The zero-order chi connectivity index (χ0) is 10.6. The van der Waals surface area contributed by atoms with E-state index >= 15 is 0 Å². The second-order valence-corrected chi connectivity index (χ2v) is 3.98. The molecule has 0 atom stereocenters. The fourth-order valence-electron chi connectivity index (χ4n) is 1.20. The molecular weight excluding hydrogens is 204 g/mol. The van der Waals surface area contributed by atoms with Crippen LogP contribution in [0.3, 0.4) is 0 Å². The topological polar surface area (TPSA) is 63.6 Å². The molecule has 1 N–H and O–H groups in total. The summed E-state index contributed by atoms with van der Waals surface area (Å²) < 4.78 is 4.79. The van der Waals surface area contributed by atoms with Crippen LogP contribution in [0.2, 0.25) is 0 Å². The average Bonchev–Trinajstić information content (AvgIpc) is 2.21. The minimum Gasteiger partial charge on any atom is -0.492 e. The van der Waals surface area contributed by atoms with Crippen molar-refractivity contribution < 1.29 is 9.84 Å². The van der Waals surface area contributed by atoms with Crippen molar-refractivity contribution >= 4 is 11.8 Å². The molecule has 0 unspecified atom stereocenters. The summed E-state index contributed by atoms with van der Waals surface area (Å²) in [5.41, 5.74) is -0.455. The molecule has 0 amide bonds. The first-order valence-electron chi connectivity index (χ1n) is 4.27. The summed E-state index contributed by atoms with van der Waals surface area (Å²) in [6.07, 6.45) is 0.540. The lowest BCUT2D eigenvalue weighted by Gasteiger charge is -2.08. The Balaban J connectivity index is 2.48. The fourth-order valence-corrected chi connectivity index (χ4v) is 1.88. The van der Waals surface area contributed by atoms with Crippen LogP contribution in [0.15, 0.2) is 9.59 Å². The molecule has 0 saturated heterocycles. The van der Waals surface area contributed by atoms with Crippen molar-refractivity contribution in [3.05, 3.63) is 26.0 Å². The molecular formula is C9H12O4S. The van der Waals surface area contributed by atoms with Crippen LogP contribution in [0.1, 0.15) is 5.56 Å². The third kappa shape index (κ3) is 2.16. The Labute approximate surface area is 85.6 Å². The number of ether oxygens (including phenoxy) is 1. The molecule has 1 aromatic carbocycles. The molecule has 14 heavy (non-hydrogen) atoms. The van der Waals surface area contributed by atoms with Gasteiger partial charge in [0.25, 0.3) is 5.43 Å². The van der Waals surface area contributed by atoms with Gasteiger partial charge in [0.1, 0.15) is 0 Å². The van der Waals surface area contributed by atoms with Gasteiger partial charge in [0, 0.05) is 5.75 Å². The monoisotopic (exact) mass is 216 g/mol. The van der Waals surface area contributed by atoms with E-state index in [0.717, 1.165) is 5.75 Å². The molecule has 0 aromatic heterocycles. The Morgan fingerprint density at radius 1 is 1.29 bits per heavy atom. The Morgan fingerprint density at radius 3 is 2.57 bits per heavy atom. The van der Waals surface area contributed by atoms with E-state index in [4.69, 9.17) is 9.84 Å². The van der Waals surface area contributed by atoms with E-state index in [-0.39, 0.29) is 12.4 Å². The summed E-state index contributed by atoms with van der Waals surface area (Å²) in [6, 6.07) is 0. The Morgan fingerprint density at radius 2 is 2.00 bits per heavy atom. The number of methoxy groups -OCH3 is 1. The molecule has 78 valence electrons. The minimum atomic E-state index is -0.519. The van der Waals surface area contributed by atoms with E-state index in [1.165, 1.54) is 7.11 Å². The molecule has 0 fully saturated rings. The summed E-state index contributed by atoms with van der Waals surface area (Å²) >= 11 is 1.54. The highest BCUT2D eigenvalue weighted by atomic mass is 32.2. The summed E-state index contributed by atoms with van der Waals surface area (Å²) in [5, 5.41) is 8.52. The maximum atomic E-state index is 11.0. The van der Waals surface area contributed by atoms with Crippen molar-refractivity contribution in [1.82, 2.24) is 0 Å². The number of hydrogen-bond donors (Lipinski definition) is 1. The van der Waals surface area contributed by atoms with E-state index in [1.54, 1.807) is 11.8 Å². The molecule has 0 spiro atoms. The standard InChI is InChI=1S/C9H12O4S/c1-13-9-6(7(11)8(9)12)2-4-14-5-3-10/h10H,2-5H2,1H3. The normalized spacial score (nSPS) is 10.7. The largest absolute Gasteiger partial charge is 0.492 e. The van der Waals surface area contributed by atoms with Gasteiger partial charge in [-0.1, -0.05) is 0 Å². The predicted molar refractivity (Wildman–Crippen MR) is 56.0 cm³/mol. The maximum absolute atomic E-state index is 11.0. The summed E-state index contributed by atoms with van der Waals surface area (Å²) in [5.74, 6) is 1.58. The van der Waals surface area contributed by atoms with Crippen LogP contribution in [0.25, 0.3) is 0 Å². The third-order valence-corrected chi connectivity index (χ3v) is 2.86. The summed E-state index contributed by atoms with van der Waals surface area (Å²) in [4.78, 5) is 22.0. The van der Waals surface area contributed by atoms with Gasteiger partial charge in [-0.15, -0.1) is 0 Å². The van der Waals surface area contributed by atoms with E-state index < -0.39 is 10.9 Å². The molecule has 0 aliphatic heterocycles. The summed E-state index contributed by atoms with van der Waals surface area (Å²) in [6.45, 7) is 0.133. The fraction of sp³-hybridized carbons (Fsp3) is 0.556. The van der Waals surface area contributed by atoms with Crippen LogP contribution in [0.5, 0.6) is 5.75 Å². The van der Waals surface area contributed by atoms with Crippen molar-refractivity contribution in [2.75, 3.05) is 25.2 Å². The molecule has 0 aliphatic carbocycles. The van der Waals surface area contributed by atoms with E-state index in [2.05, 4.69) is 0 Å². The molecule has 0 aliphatic rings. The first-order chi connectivity index (χ1) is 6.72. The number of aliphatic hydroxyl groups excluding tert-OH is 1. The lowest BCUT2D eigenvalue weighted by Crippen LogP contribution is -2.36. The molecule has 1 rings (SSSR count). The highest BCUT2D eigenvalue weighted by molar-refractivity contribution is 7.99. The van der Waals surface area contributed by atoms with Gasteiger partial charge in [-0.05, 0) is 12.2 Å². The molecule has 1 aromatic rings. The average molecular weight is 216 g/mol. The Hall–Kier alpha value is -0.810. The molecule has 0 radical (unpaired) electrons. The number of thioether (sulfide) groups is 1. The highest BCUT2D eigenvalue weighted by Crippen LogP contribution is 2.13. The smallest absolute Gasteiger partial charge is 0.268 e. The van der Waals surface area contributed by atoms with Gasteiger partial charge in [0.2, 0.25) is 5.43 Å². The van der Waals surface area contributed by atoms with Crippen molar-refractivity contribution in [2.24, 2.45) is 0 Å². The van der Waals surface area contributed by atoms with Gasteiger partial charge >= 0.3 is 0 Å². The zero-order valence-corrected chi connectivity index (χ0v) is 8.73. The first-order valence-corrected chi connectivity index (χ1v) is 5.42. The SMILES string of the molecule is COc1c(CCSCCO)c(=O)c1=O. The van der Waals surface area contributed by atoms with Crippen molar-refractivity contribution in [3.63, 3.8) is 0 Å². The molecule has 0 bridgehead atoms. The van der Waals surface area contributed by atoms with Gasteiger partial charge in [0.15, 0.2) is 5.75 Å². The lowest BCUT2D eigenvalue weighted by atomic mass is 10.1. The molecule has 0 saturated carbocycles. The zero-order valence-electron chi connectivity index (χ0n) is 7.91. The Bertz CT molecular complexity index is 365. The van der Waals surface area contributed by atoms with Crippen LogP contribution in [-0.2, 0) is 6.42 Å². The van der Waals surface area contributed by atoms with Crippen LogP contribution in [0.4, 0.5) is 0 Å². The van der Waals surface area contributed by atoms with Crippen molar-refractivity contribution in [3.8, 4) is 5.75 Å². The predicted octanol–water partition coefficient (Wildman–Crippen LogP) is -0.441. The van der Waals surface area contributed by atoms with Gasteiger partial charge in [0.05, 0.1) is 19.3 Å². The maximum Gasteiger partial charge on any atom is 0.268 e. The molecule has 5 heteroatoms. The van der Waals surface area contributed by atoms with Crippen molar-refractivity contribution in [1.29, 1.82) is 0 Å². The van der Waals surface area contributed by atoms with E-state index in [9.17, 15) is 9.59 Å². The van der Waals surface area contributed by atoms with E-state index in [0.29, 0.717) is 17.7 Å². The number of aliphatic hydroxyl groups is 1. The number of rotatable bonds is 6. The van der Waals surface area contributed by atoms with Crippen LogP contribution in [0, 0.1) is 0 Å². The molecule has 4 nitrogen and oxygen atoms in total. The molecule has 0 heterocycles. The quantitative estimate of drug-likeness (QED) is 0.516. The third-order valence-electron chi connectivity index (χ3n) is 1.90. The second-order valence-electron chi connectivity index (χ2n) is 2.76. The van der Waals surface area contributed by atoms with Gasteiger partial charge in [-0.2, -0.15) is 11.8 Å². The Kier molecular flexibility index (Phi) is 4.16. The van der Waals surface area contributed by atoms with Crippen LogP contribution < -0.4 is 15.6 Å². The lowest BCUT2D eigenvalue weighted by molar-refractivity contribution is 0.322. The van der Waals surface area contributed by atoms with Gasteiger partial charge in [-0.3, -0.25) is 9.59 Å². The highest BCUT2D eigenvalue weighted by Gasteiger charge is 2.20. The number of hydrogen-bond acceptors (Lipinski definition) is 5.